The van der Waals surface area contributed by atoms with E-state index in [4.69, 9.17) is 4.74 Å². The van der Waals surface area contributed by atoms with Crippen molar-refractivity contribution in [3.8, 4) is 11.5 Å². The van der Waals surface area contributed by atoms with Crippen LogP contribution in [-0.2, 0) is 6.54 Å². The van der Waals surface area contributed by atoms with Crippen molar-refractivity contribution in [2.45, 2.75) is 6.54 Å². The van der Waals surface area contributed by atoms with Crippen LogP contribution in [0.2, 0.25) is 0 Å². The van der Waals surface area contributed by atoms with E-state index in [0.29, 0.717) is 29.0 Å². The van der Waals surface area contributed by atoms with Gasteiger partial charge in [0.15, 0.2) is 5.76 Å². The molecule has 2 aromatic rings. The summed E-state index contributed by atoms with van der Waals surface area (Å²) in [6, 6.07) is 9.09. The van der Waals surface area contributed by atoms with Crippen LogP contribution in [0.15, 0.2) is 42.2 Å². The fraction of sp³-hybridized carbons (Fsp3) is 0.286. The number of allylic oxidation sites excluding steroid dienone is 1. The molecule has 2 aliphatic heterocycles. The van der Waals surface area contributed by atoms with E-state index in [2.05, 4.69) is 16.8 Å². The molecule has 140 valence electrons. The Hall–Kier alpha value is -2.70. The summed E-state index contributed by atoms with van der Waals surface area (Å²) in [5.41, 5.74) is 1.60. The first-order valence-corrected chi connectivity index (χ1v) is 8.97. The van der Waals surface area contributed by atoms with Crippen molar-refractivity contribution < 1.29 is 19.0 Å². The lowest BCUT2D eigenvalue weighted by Gasteiger charge is -2.32. The highest BCUT2D eigenvalue weighted by atomic mass is 19.1. The van der Waals surface area contributed by atoms with Gasteiger partial charge in [-0.15, -0.1) is 0 Å². The van der Waals surface area contributed by atoms with Gasteiger partial charge in [-0.05, 0) is 43.0 Å². The van der Waals surface area contributed by atoms with E-state index >= 15 is 0 Å². The Kier molecular flexibility index (Phi) is 4.68. The molecule has 1 N–H and O–H groups in total. The Balaban J connectivity index is 1.63. The van der Waals surface area contributed by atoms with Gasteiger partial charge in [-0.25, -0.2) is 4.39 Å². The molecule has 2 aromatic carbocycles. The van der Waals surface area contributed by atoms with Gasteiger partial charge in [0.2, 0.25) is 5.78 Å². The van der Waals surface area contributed by atoms with E-state index in [1.54, 1.807) is 18.2 Å². The van der Waals surface area contributed by atoms with E-state index in [1.165, 1.54) is 24.3 Å². The molecule has 0 spiro atoms. The fourth-order valence-electron chi connectivity index (χ4n) is 3.43. The molecular formula is C21H21FN2O3. The van der Waals surface area contributed by atoms with Gasteiger partial charge in [0.1, 0.15) is 17.3 Å². The Morgan fingerprint density at radius 3 is 2.70 bits per heavy atom. The molecule has 5 nitrogen and oxygen atoms in total. The van der Waals surface area contributed by atoms with Crippen molar-refractivity contribution in [2.24, 2.45) is 0 Å². The van der Waals surface area contributed by atoms with Crippen LogP contribution >= 0.6 is 0 Å². The lowest BCUT2D eigenvalue weighted by molar-refractivity contribution is 0.101. The number of carbonyl (C=O) groups is 1. The average Bonchev–Trinajstić information content (AvgIpc) is 2.95. The second-order valence-electron chi connectivity index (χ2n) is 7.01. The minimum absolute atomic E-state index is 0.118. The molecule has 0 aliphatic carbocycles. The summed E-state index contributed by atoms with van der Waals surface area (Å²) in [7, 11) is 2.08. The summed E-state index contributed by atoms with van der Waals surface area (Å²) in [4.78, 5) is 17.2. The Morgan fingerprint density at radius 1 is 1.19 bits per heavy atom. The number of hydrogen-bond donors (Lipinski definition) is 1. The van der Waals surface area contributed by atoms with Crippen molar-refractivity contribution in [3.05, 3.63) is 64.7 Å². The van der Waals surface area contributed by atoms with E-state index in [9.17, 15) is 14.3 Å². The van der Waals surface area contributed by atoms with Crippen LogP contribution in [0.5, 0.6) is 11.5 Å². The first kappa shape index (κ1) is 17.7. The molecule has 0 unspecified atom stereocenters. The number of fused-ring (bicyclic) bond motifs is 1. The fourth-order valence-corrected chi connectivity index (χ4v) is 3.43. The molecule has 1 saturated heterocycles. The molecule has 4 rings (SSSR count). The van der Waals surface area contributed by atoms with Crippen LogP contribution in [0.4, 0.5) is 4.39 Å². The number of carbonyl (C=O) groups excluding carboxylic acids is 1. The number of benzene rings is 2. The van der Waals surface area contributed by atoms with Crippen LogP contribution in [0, 0.1) is 5.82 Å². The normalized spacial score (nSPS) is 19.3. The number of nitrogens with zero attached hydrogens (tertiary/aromatic N) is 2. The zero-order valence-electron chi connectivity index (χ0n) is 15.1. The number of rotatable bonds is 3. The first-order valence-electron chi connectivity index (χ1n) is 8.97. The number of phenolic OH excluding ortho intramolecular Hbond substituents is 1. The standard InChI is InChI=1S/C21H21FN2O3/c1-23-7-9-24(10-8-23)13-17-18(25)6-5-16-20(26)19(27-21(16)17)12-14-3-2-4-15(22)11-14/h2-6,11-12,25H,7-10,13H2,1H3/b19-12+. The molecule has 1 fully saturated rings. The lowest BCUT2D eigenvalue weighted by atomic mass is 10.0. The largest absolute Gasteiger partial charge is 0.507 e. The number of phenols is 1. The Bertz CT molecular complexity index is 918. The molecule has 0 radical (unpaired) electrons. The maximum atomic E-state index is 13.4. The summed E-state index contributed by atoms with van der Waals surface area (Å²) in [5, 5.41) is 10.4. The van der Waals surface area contributed by atoms with Gasteiger partial charge >= 0.3 is 0 Å². The summed E-state index contributed by atoms with van der Waals surface area (Å²) in [6.45, 7) is 4.21. The molecule has 2 aliphatic rings. The highest BCUT2D eigenvalue weighted by Crippen LogP contribution is 2.40. The maximum absolute atomic E-state index is 13.4. The molecule has 0 saturated carbocycles. The van der Waals surface area contributed by atoms with Crippen molar-refractivity contribution in [1.82, 2.24) is 9.80 Å². The molecule has 6 heteroatoms. The van der Waals surface area contributed by atoms with Crippen LogP contribution in [-0.4, -0.2) is 53.9 Å². The summed E-state index contributed by atoms with van der Waals surface area (Å²) < 4.78 is 19.2. The average molecular weight is 368 g/mol. The number of piperazine rings is 1. The quantitative estimate of drug-likeness (QED) is 0.845. The predicted molar refractivity (Wildman–Crippen MR) is 100 cm³/mol. The van der Waals surface area contributed by atoms with Gasteiger partial charge in [-0.3, -0.25) is 9.69 Å². The van der Waals surface area contributed by atoms with Gasteiger partial charge in [-0.2, -0.15) is 0 Å². The molecule has 0 amide bonds. The van der Waals surface area contributed by atoms with E-state index < -0.39 is 0 Å². The maximum Gasteiger partial charge on any atom is 0.231 e. The van der Waals surface area contributed by atoms with Crippen molar-refractivity contribution in [3.63, 3.8) is 0 Å². The van der Waals surface area contributed by atoms with E-state index in [0.717, 1.165) is 26.2 Å². The highest BCUT2D eigenvalue weighted by Gasteiger charge is 2.32. The molecule has 0 bridgehead atoms. The zero-order valence-corrected chi connectivity index (χ0v) is 15.1. The molecule has 27 heavy (non-hydrogen) atoms. The molecule has 0 atom stereocenters. The van der Waals surface area contributed by atoms with Crippen molar-refractivity contribution in [1.29, 1.82) is 0 Å². The van der Waals surface area contributed by atoms with Crippen LogP contribution in [0.3, 0.4) is 0 Å². The minimum Gasteiger partial charge on any atom is -0.507 e. The second-order valence-corrected chi connectivity index (χ2v) is 7.01. The van der Waals surface area contributed by atoms with Crippen LogP contribution < -0.4 is 4.74 Å². The summed E-state index contributed by atoms with van der Waals surface area (Å²) in [5.74, 6) is 0.0319. The number of ether oxygens (including phenoxy) is 1. The smallest absolute Gasteiger partial charge is 0.231 e. The third kappa shape index (κ3) is 3.59. The molecular weight excluding hydrogens is 347 g/mol. The van der Waals surface area contributed by atoms with Gasteiger partial charge < -0.3 is 14.7 Å². The summed E-state index contributed by atoms with van der Waals surface area (Å²) in [6.07, 6.45) is 1.53. The van der Waals surface area contributed by atoms with Crippen molar-refractivity contribution in [2.75, 3.05) is 33.2 Å². The molecule has 2 heterocycles. The second kappa shape index (κ2) is 7.13. The van der Waals surface area contributed by atoms with Gasteiger partial charge in [0.25, 0.3) is 0 Å². The number of Topliss-reactive ketones (excluding diaryl/α,β-unsaturated/α-hetero) is 1. The highest BCUT2D eigenvalue weighted by molar-refractivity contribution is 6.15. The van der Waals surface area contributed by atoms with E-state index in [1.807, 2.05) is 0 Å². The summed E-state index contributed by atoms with van der Waals surface area (Å²) >= 11 is 0. The van der Waals surface area contributed by atoms with Crippen LogP contribution in [0.25, 0.3) is 6.08 Å². The zero-order chi connectivity index (χ0) is 19.0. The predicted octanol–water partition coefficient (Wildman–Crippen LogP) is 2.89. The molecule has 0 aromatic heterocycles. The number of aromatic hydroxyl groups is 1. The minimum atomic E-state index is -0.374. The SMILES string of the molecule is CN1CCN(Cc2c(O)ccc3c2O/C(=C/c2cccc(F)c2)C3=O)CC1. The van der Waals surface area contributed by atoms with Crippen molar-refractivity contribution >= 4 is 11.9 Å². The van der Waals surface area contributed by atoms with Gasteiger partial charge in [0.05, 0.1) is 11.1 Å². The number of likely N-dealkylation sites (N-methyl/N-ethyl adjacent to an activating group) is 1. The monoisotopic (exact) mass is 368 g/mol. The Morgan fingerprint density at radius 2 is 1.96 bits per heavy atom. The topological polar surface area (TPSA) is 53.0 Å². The number of halogens is 1. The van der Waals surface area contributed by atoms with Crippen LogP contribution in [0.1, 0.15) is 21.5 Å². The lowest BCUT2D eigenvalue weighted by Crippen LogP contribution is -2.43. The number of hydrogen-bond acceptors (Lipinski definition) is 5. The number of ketones is 1. The first-order chi connectivity index (χ1) is 13.0. The third-order valence-corrected chi connectivity index (χ3v) is 5.04. The third-order valence-electron chi connectivity index (χ3n) is 5.04. The van der Waals surface area contributed by atoms with E-state index in [-0.39, 0.29) is 23.1 Å². The Labute approximate surface area is 157 Å². The van der Waals surface area contributed by atoms with Gasteiger partial charge in [-0.1, -0.05) is 12.1 Å². The van der Waals surface area contributed by atoms with Gasteiger partial charge in [0, 0.05) is 32.7 Å².